The van der Waals surface area contributed by atoms with Gasteiger partial charge in [-0.2, -0.15) is 5.26 Å². The highest BCUT2D eigenvalue weighted by Gasteiger charge is 2.21. The average Bonchev–Trinajstić information content (AvgIpc) is 3.69. The van der Waals surface area contributed by atoms with Crippen molar-refractivity contribution < 1.29 is 8.83 Å². The predicted molar refractivity (Wildman–Crippen MR) is 165 cm³/mol. The average molecular weight is 525 g/mol. The highest BCUT2D eigenvalue weighted by atomic mass is 16.3. The van der Waals surface area contributed by atoms with Gasteiger partial charge in [0.1, 0.15) is 22.3 Å². The van der Waals surface area contributed by atoms with Crippen molar-refractivity contribution in [3.8, 4) is 22.9 Å². The zero-order valence-electron chi connectivity index (χ0n) is 21.8. The molecule has 3 aromatic heterocycles. The Bertz CT molecular complexity index is 2550. The standard InChI is InChI=1S/C37H20N2O2/c38-21-22-13-15-24(23-14-17-34-29(20-23)26-8-2-5-11-32(26)40-34)31(19-22)39-30-10-4-1-7-25(30)27-16-18-35-36(37(27)39)28-9-3-6-12-33(28)41-35/h1-20H. The van der Waals surface area contributed by atoms with E-state index in [2.05, 4.69) is 83.4 Å². The molecule has 190 valence electrons. The molecule has 0 saturated carbocycles. The molecule has 0 saturated heterocycles. The number of aromatic nitrogens is 1. The van der Waals surface area contributed by atoms with E-state index in [-0.39, 0.29) is 0 Å². The van der Waals surface area contributed by atoms with Gasteiger partial charge in [0.05, 0.1) is 33.7 Å². The van der Waals surface area contributed by atoms with E-state index in [1.807, 2.05) is 48.5 Å². The molecule has 0 unspecified atom stereocenters. The Morgan fingerprint density at radius 3 is 2.07 bits per heavy atom. The highest BCUT2D eigenvalue weighted by Crippen LogP contribution is 2.43. The number of fused-ring (bicyclic) bond motifs is 10. The fourth-order valence-electron chi connectivity index (χ4n) is 6.44. The Hall–Kier alpha value is -5.79. The second kappa shape index (κ2) is 8.11. The van der Waals surface area contributed by atoms with Gasteiger partial charge in [0, 0.05) is 32.5 Å². The summed E-state index contributed by atoms with van der Waals surface area (Å²) in [6.45, 7) is 0. The second-order valence-corrected chi connectivity index (χ2v) is 10.4. The van der Waals surface area contributed by atoms with E-state index >= 15 is 0 Å². The monoisotopic (exact) mass is 524 g/mol. The minimum Gasteiger partial charge on any atom is -0.456 e. The summed E-state index contributed by atoms with van der Waals surface area (Å²) in [5, 5.41) is 16.6. The van der Waals surface area contributed by atoms with Crippen molar-refractivity contribution in [2.75, 3.05) is 0 Å². The third kappa shape index (κ3) is 3.03. The van der Waals surface area contributed by atoms with Gasteiger partial charge in [0.25, 0.3) is 0 Å². The number of furan rings is 2. The van der Waals surface area contributed by atoms with Crippen molar-refractivity contribution in [3.63, 3.8) is 0 Å². The van der Waals surface area contributed by atoms with Crippen LogP contribution < -0.4 is 0 Å². The summed E-state index contributed by atoms with van der Waals surface area (Å²) in [4.78, 5) is 0. The number of nitriles is 1. The van der Waals surface area contributed by atoms with Gasteiger partial charge < -0.3 is 13.4 Å². The first-order valence-corrected chi connectivity index (χ1v) is 13.6. The second-order valence-electron chi connectivity index (χ2n) is 10.4. The molecule has 0 amide bonds. The zero-order chi connectivity index (χ0) is 27.1. The van der Waals surface area contributed by atoms with E-state index in [9.17, 15) is 5.26 Å². The first-order valence-electron chi connectivity index (χ1n) is 13.6. The summed E-state index contributed by atoms with van der Waals surface area (Å²) in [5.41, 5.74) is 9.20. The number of benzene rings is 6. The Balaban J connectivity index is 1.44. The Morgan fingerprint density at radius 1 is 0.537 bits per heavy atom. The Kier molecular flexibility index (Phi) is 4.37. The molecule has 9 aromatic rings. The quantitative estimate of drug-likeness (QED) is 0.226. The Labute approximate surface area is 233 Å². The summed E-state index contributed by atoms with van der Waals surface area (Å²) in [5.74, 6) is 0. The molecule has 0 radical (unpaired) electrons. The minimum atomic E-state index is 0.605. The Morgan fingerprint density at radius 2 is 1.22 bits per heavy atom. The molecule has 0 atom stereocenters. The van der Waals surface area contributed by atoms with Gasteiger partial charge in [-0.3, -0.25) is 0 Å². The molecule has 0 N–H and O–H groups in total. The lowest BCUT2D eigenvalue weighted by molar-refractivity contribution is 0.668. The van der Waals surface area contributed by atoms with Crippen molar-refractivity contribution in [2.24, 2.45) is 0 Å². The van der Waals surface area contributed by atoms with Gasteiger partial charge in [-0.1, -0.05) is 66.7 Å². The van der Waals surface area contributed by atoms with Crippen LogP contribution in [0.4, 0.5) is 0 Å². The molecule has 0 aliphatic carbocycles. The first-order chi connectivity index (χ1) is 20.3. The summed E-state index contributed by atoms with van der Waals surface area (Å²) in [7, 11) is 0. The lowest BCUT2D eigenvalue weighted by atomic mass is 9.99. The maximum absolute atomic E-state index is 9.97. The van der Waals surface area contributed by atoms with Gasteiger partial charge >= 0.3 is 0 Å². The van der Waals surface area contributed by atoms with Gasteiger partial charge in [0.2, 0.25) is 0 Å². The summed E-state index contributed by atoms with van der Waals surface area (Å²) in [6, 6.07) is 43.7. The third-order valence-corrected chi connectivity index (χ3v) is 8.23. The number of para-hydroxylation sites is 3. The maximum Gasteiger partial charge on any atom is 0.137 e. The number of hydrogen-bond donors (Lipinski definition) is 0. The molecule has 6 aromatic carbocycles. The lowest BCUT2D eigenvalue weighted by Gasteiger charge is -2.15. The van der Waals surface area contributed by atoms with E-state index in [4.69, 9.17) is 8.83 Å². The summed E-state index contributed by atoms with van der Waals surface area (Å²) < 4.78 is 14.7. The lowest BCUT2D eigenvalue weighted by Crippen LogP contribution is -1.98. The van der Waals surface area contributed by atoms with Crippen LogP contribution in [0.25, 0.3) is 82.5 Å². The SMILES string of the molecule is N#Cc1ccc(-c2ccc3oc4ccccc4c3c2)c(-n2c3ccccc3c3ccc4oc5ccccc5c4c32)c1. The van der Waals surface area contributed by atoms with Gasteiger partial charge in [0.15, 0.2) is 0 Å². The molecular formula is C37H20N2O2. The smallest absolute Gasteiger partial charge is 0.137 e. The van der Waals surface area contributed by atoms with Gasteiger partial charge in [-0.05, 0) is 60.2 Å². The predicted octanol–water partition coefficient (Wildman–Crippen LogP) is 10.1. The fourth-order valence-corrected chi connectivity index (χ4v) is 6.44. The molecule has 0 bridgehead atoms. The number of rotatable bonds is 2. The number of hydrogen-bond acceptors (Lipinski definition) is 3. The molecule has 4 heteroatoms. The van der Waals surface area contributed by atoms with Crippen molar-refractivity contribution in [1.29, 1.82) is 5.26 Å². The van der Waals surface area contributed by atoms with Crippen LogP contribution in [0.3, 0.4) is 0 Å². The van der Waals surface area contributed by atoms with Crippen LogP contribution in [0.2, 0.25) is 0 Å². The highest BCUT2D eigenvalue weighted by molar-refractivity contribution is 6.24. The van der Waals surface area contributed by atoms with Gasteiger partial charge in [-0.15, -0.1) is 0 Å². The van der Waals surface area contributed by atoms with Crippen molar-refractivity contribution in [1.82, 2.24) is 4.57 Å². The van der Waals surface area contributed by atoms with E-state index < -0.39 is 0 Å². The molecule has 0 aliphatic heterocycles. The third-order valence-electron chi connectivity index (χ3n) is 8.23. The van der Waals surface area contributed by atoms with Crippen LogP contribution >= 0.6 is 0 Å². The molecule has 3 heterocycles. The number of nitrogens with zero attached hydrogens (tertiary/aromatic N) is 2. The van der Waals surface area contributed by atoms with Crippen LogP contribution in [0.5, 0.6) is 0 Å². The molecule has 41 heavy (non-hydrogen) atoms. The van der Waals surface area contributed by atoms with Crippen LogP contribution in [-0.2, 0) is 0 Å². The largest absolute Gasteiger partial charge is 0.456 e. The topological polar surface area (TPSA) is 55.0 Å². The van der Waals surface area contributed by atoms with Crippen LogP contribution in [0, 0.1) is 11.3 Å². The van der Waals surface area contributed by atoms with Crippen molar-refractivity contribution >= 4 is 65.7 Å². The minimum absolute atomic E-state index is 0.605. The molecular weight excluding hydrogens is 504 g/mol. The van der Waals surface area contributed by atoms with E-state index in [0.717, 1.165) is 82.5 Å². The van der Waals surface area contributed by atoms with Crippen LogP contribution in [0.15, 0.2) is 130 Å². The fraction of sp³-hybridized carbons (Fsp3) is 0. The maximum atomic E-state index is 9.97. The van der Waals surface area contributed by atoms with E-state index in [0.29, 0.717) is 5.56 Å². The summed E-state index contributed by atoms with van der Waals surface area (Å²) in [6.07, 6.45) is 0. The molecule has 9 rings (SSSR count). The first kappa shape index (κ1) is 22.1. The van der Waals surface area contributed by atoms with Crippen LogP contribution in [-0.4, -0.2) is 4.57 Å². The van der Waals surface area contributed by atoms with E-state index in [1.165, 1.54) is 0 Å². The molecule has 0 spiro atoms. The van der Waals surface area contributed by atoms with Crippen molar-refractivity contribution in [3.05, 3.63) is 127 Å². The van der Waals surface area contributed by atoms with Crippen molar-refractivity contribution in [2.45, 2.75) is 0 Å². The van der Waals surface area contributed by atoms with Crippen LogP contribution in [0.1, 0.15) is 5.56 Å². The normalized spacial score (nSPS) is 11.9. The zero-order valence-corrected chi connectivity index (χ0v) is 21.8. The molecule has 0 aliphatic rings. The van der Waals surface area contributed by atoms with E-state index in [1.54, 1.807) is 0 Å². The molecule has 0 fully saturated rings. The summed E-state index contributed by atoms with van der Waals surface area (Å²) >= 11 is 0. The molecule has 4 nitrogen and oxygen atoms in total. The van der Waals surface area contributed by atoms with Gasteiger partial charge in [-0.25, -0.2) is 0 Å².